The zero-order chi connectivity index (χ0) is 13.1. The molecule has 1 aliphatic rings. The van der Waals surface area contributed by atoms with Crippen molar-refractivity contribution in [1.82, 2.24) is 9.88 Å². The van der Waals surface area contributed by atoms with Gasteiger partial charge in [-0.05, 0) is 12.8 Å². The van der Waals surface area contributed by atoms with Crippen molar-refractivity contribution < 1.29 is 9.53 Å². The quantitative estimate of drug-likeness (QED) is 0.845. The molecule has 1 saturated heterocycles. The minimum absolute atomic E-state index is 0.00468. The summed E-state index contributed by atoms with van der Waals surface area (Å²) in [6, 6.07) is -0.00468. The Bertz CT molecular complexity index is 417. The lowest BCUT2D eigenvalue weighted by Crippen LogP contribution is -2.43. The molecule has 18 heavy (non-hydrogen) atoms. The molecule has 2 rings (SSSR count). The topological polar surface area (TPSA) is 42.4 Å². The Kier molecular flexibility index (Phi) is 4.35. The van der Waals surface area contributed by atoms with Gasteiger partial charge in [0.05, 0.1) is 30.0 Å². The van der Waals surface area contributed by atoms with Gasteiger partial charge in [-0.25, -0.2) is 4.98 Å². The van der Waals surface area contributed by atoms with Crippen LogP contribution in [0.25, 0.3) is 0 Å². The van der Waals surface area contributed by atoms with E-state index in [2.05, 4.69) is 18.8 Å². The van der Waals surface area contributed by atoms with Crippen LogP contribution in [0, 0.1) is 12.8 Å². The number of nitrogens with zero attached hydrogens (tertiary/aromatic N) is 2. The van der Waals surface area contributed by atoms with Gasteiger partial charge in [-0.2, -0.15) is 0 Å². The van der Waals surface area contributed by atoms with E-state index in [1.807, 2.05) is 17.2 Å². The average molecular weight is 268 g/mol. The molecule has 1 aliphatic heterocycles. The van der Waals surface area contributed by atoms with Crippen LogP contribution >= 0.6 is 11.3 Å². The molecule has 0 N–H and O–H groups in total. The summed E-state index contributed by atoms with van der Waals surface area (Å²) in [6.45, 7) is 7.99. The van der Waals surface area contributed by atoms with Crippen molar-refractivity contribution in [1.29, 1.82) is 0 Å². The molecule has 1 fully saturated rings. The van der Waals surface area contributed by atoms with Crippen molar-refractivity contribution in [3.63, 3.8) is 0 Å². The molecule has 0 aromatic carbocycles. The van der Waals surface area contributed by atoms with Crippen LogP contribution in [0.1, 0.15) is 37.0 Å². The van der Waals surface area contributed by atoms with Crippen molar-refractivity contribution in [3.8, 4) is 0 Å². The highest BCUT2D eigenvalue weighted by Gasteiger charge is 2.30. The fourth-order valence-electron chi connectivity index (χ4n) is 2.15. The minimum Gasteiger partial charge on any atom is -0.377 e. The summed E-state index contributed by atoms with van der Waals surface area (Å²) in [5, 5.41) is 3.07. The molecule has 2 heterocycles. The minimum atomic E-state index is -0.00468. The molecule has 0 spiro atoms. The highest BCUT2D eigenvalue weighted by atomic mass is 32.1. The van der Waals surface area contributed by atoms with Crippen LogP contribution in [0.4, 0.5) is 0 Å². The SMILES string of the molecule is Cc1nc(C2COCCN2C(=O)CC(C)C)cs1. The Morgan fingerprint density at radius 1 is 1.67 bits per heavy atom. The van der Waals surface area contributed by atoms with Crippen LogP contribution in [-0.2, 0) is 9.53 Å². The van der Waals surface area contributed by atoms with Crippen LogP contribution < -0.4 is 0 Å². The second kappa shape index (κ2) is 5.80. The molecule has 0 saturated carbocycles. The molecule has 1 amide bonds. The van der Waals surface area contributed by atoms with Crippen molar-refractivity contribution in [2.24, 2.45) is 5.92 Å². The fourth-order valence-corrected chi connectivity index (χ4v) is 2.81. The van der Waals surface area contributed by atoms with Gasteiger partial charge in [-0.1, -0.05) is 13.8 Å². The molecule has 0 aliphatic carbocycles. The van der Waals surface area contributed by atoms with E-state index in [4.69, 9.17) is 4.74 Å². The zero-order valence-electron chi connectivity index (χ0n) is 11.2. The van der Waals surface area contributed by atoms with Crippen molar-refractivity contribution in [2.75, 3.05) is 19.8 Å². The van der Waals surface area contributed by atoms with E-state index in [-0.39, 0.29) is 11.9 Å². The molecule has 4 nitrogen and oxygen atoms in total. The number of rotatable bonds is 3. The number of hydrogen-bond acceptors (Lipinski definition) is 4. The highest BCUT2D eigenvalue weighted by molar-refractivity contribution is 7.09. The zero-order valence-corrected chi connectivity index (χ0v) is 12.0. The summed E-state index contributed by atoms with van der Waals surface area (Å²) < 4.78 is 5.50. The van der Waals surface area contributed by atoms with E-state index < -0.39 is 0 Å². The van der Waals surface area contributed by atoms with Crippen LogP contribution in [0.2, 0.25) is 0 Å². The Balaban J connectivity index is 2.13. The molecule has 1 unspecified atom stereocenters. The summed E-state index contributed by atoms with van der Waals surface area (Å²) in [5.74, 6) is 0.599. The lowest BCUT2D eigenvalue weighted by molar-refractivity contribution is -0.141. The summed E-state index contributed by atoms with van der Waals surface area (Å²) in [6.07, 6.45) is 0.597. The molecule has 0 radical (unpaired) electrons. The van der Waals surface area contributed by atoms with Crippen molar-refractivity contribution in [3.05, 3.63) is 16.1 Å². The lowest BCUT2D eigenvalue weighted by Gasteiger charge is -2.35. The van der Waals surface area contributed by atoms with Crippen LogP contribution in [-0.4, -0.2) is 35.5 Å². The lowest BCUT2D eigenvalue weighted by atomic mass is 10.1. The summed E-state index contributed by atoms with van der Waals surface area (Å²) in [5.41, 5.74) is 0.967. The monoisotopic (exact) mass is 268 g/mol. The van der Waals surface area contributed by atoms with Gasteiger partial charge < -0.3 is 9.64 Å². The van der Waals surface area contributed by atoms with Gasteiger partial charge in [0, 0.05) is 18.3 Å². The molecule has 5 heteroatoms. The smallest absolute Gasteiger partial charge is 0.223 e. The number of carbonyl (C=O) groups is 1. The molecule has 1 aromatic heterocycles. The number of amides is 1. The maximum absolute atomic E-state index is 12.2. The van der Waals surface area contributed by atoms with E-state index in [1.54, 1.807) is 11.3 Å². The third-order valence-corrected chi connectivity index (χ3v) is 3.80. The summed E-state index contributed by atoms with van der Waals surface area (Å²) in [7, 11) is 0. The summed E-state index contributed by atoms with van der Waals surface area (Å²) in [4.78, 5) is 18.7. The Labute approximate surface area is 112 Å². The number of morpholine rings is 1. The molecule has 1 atom stereocenters. The van der Waals surface area contributed by atoms with Gasteiger partial charge in [-0.3, -0.25) is 4.79 Å². The van der Waals surface area contributed by atoms with Crippen molar-refractivity contribution >= 4 is 17.2 Å². The van der Waals surface area contributed by atoms with Gasteiger partial charge in [-0.15, -0.1) is 11.3 Å². The number of ether oxygens (including phenoxy) is 1. The molecule has 1 aromatic rings. The molecular weight excluding hydrogens is 248 g/mol. The van der Waals surface area contributed by atoms with E-state index >= 15 is 0 Å². The molecule has 0 bridgehead atoms. The second-order valence-corrected chi connectivity index (χ2v) is 6.13. The van der Waals surface area contributed by atoms with Crippen molar-refractivity contribution in [2.45, 2.75) is 33.2 Å². The predicted octanol–water partition coefficient (Wildman–Crippen LogP) is 2.40. The summed E-state index contributed by atoms with van der Waals surface area (Å²) >= 11 is 1.62. The first-order valence-corrected chi connectivity index (χ1v) is 7.25. The normalized spacial score (nSPS) is 20.4. The number of aryl methyl sites for hydroxylation is 1. The third kappa shape index (κ3) is 3.09. The predicted molar refractivity (Wildman–Crippen MR) is 71.6 cm³/mol. The van der Waals surface area contributed by atoms with Crippen LogP contribution in [0.5, 0.6) is 0 Å². The van der Waals surface area contributed by atoms with Gasteiger partial charge in [0.1, 0.15) is 0 Å². The largest absolute Gasteiger partial charge is 0.377 e. The fraction of sp³-hybridized carbons (Fsp3) is 0.692. The Morgan fingerprint density at radius 3 is 3.06 bits per heavy atom. The van der Waals surface area contributed by atoms with E-state index in [0.29, 0.717) is 32.1 Å². The maximum Gasteiger partial charge on any atom is 0.223 e. The Morgan fingerprint density at radius 2 is 2.44 bits per heavy atom. The number of thiazole rings is 1. The highest BCUT2D eigenvalue weighted by Crippen LogP contribution is 2.26. The first kappa shape index (κ1) is 13.5. The van der Waals surface area contributed by atoms with Gasteiger partial charge >= 0.3 is 0 Å². The van der Waals surface area contributed by atoms with Crippen LogP contribution in [0.3, 0.4) is 0 Å². The second-order valence-electron chi connectivity index (χ2n) is 5.07. The van der Waals surface area contributed by atoms with Gasteiger partial charge in [0.25, 0.3) is 0 Å². The molecule has 100 valence electrons. The van der Waals surface area contributed by atoms with E-state index in [0.717, 1.165) is 10.7 Å². The standard InChI is InChI=1S/C13H20N2O2S/c1-9(2)6-13(16)15-4-5-17-7-12(15)11-8-18-10(3)14-11/h8-9,12H,4-7H2,1-3H3. The van der Waals surface area contributed by atoms with E-state index in [1.165, 1.54) is 0 Å². The Hall–Kier alpha value is -0.940. The first-order valence-electron chi connectivity index (χ1n) is 6.37. The first-order chi connectivity index (χ1) is 8.58. The van der Waals surface area contributed by atoms with E-state index in [9.17, 15) is 4.79 Å². The number of aromatic nitrogens is 1. The third-order valence-electron chi connectivity index (χ3n) is 3.01. The average Bonchev–Trinajstić information content (AvgIpc) is 2.75. The molecular formula is C13H20N2O2S. The maximum atomic E-state index is 12.2. The number of carbonyl (C=O) groups excluding carboxylic acids is 1. The van der Waals surface area contributed by atoms with Crippen LogP contribution in [0.15, 0.2) is 5.38 Å². The van der Waals surface area contributed by atoms with Gasteiger partial charge in [0.15, 0.2) is 0 Å². The number of hydrogen-bond donors (Lipinski definition) is 0. The van der Waals surface area contributed by atoms with Gasteiger partial charge in [0.2, 0.25) is 5.91 Å².